The number of fused-ring (bicyclic) bond motifs is 1. The van der Waals surface area contributed by atoms with Crippen molar-refractivity contribution in [3.8, 4) is 0 Å². The van der Waals surface area contributed by atoms with Gasteiger partial charge in [0.15, 0.2) is 0 Å². The Balaban J connectivity index is 2.31. The Kier molecular flexibility index (Phi) is 2.36. The van der Waals surface area contributed by atoms with Crippen LogP contribution < -0.4 is 10.6 Å². The fourth-order valence-corrected chi connectivity index (χ4v) is 2.13. The maximum atomic E-state index is 5.77. The summed E-state index contributed by atoms with van der Waals surface area (Å²) in [6.07, 6.45) is 2.34. The monoisotopic (exact) mass is 190 g/mol. The standard InChI is InChI=1S/C12H18N2/c1-3-9(2)14-7-6-10-8-11(13)4-5-12(10)14/h4-5,8-9H,3,6-7,13H2,1-2H3. The molecule has 0 bridgehead atoms. The van der Waals surface area contributed by atoms with E-state index in [0.29, 0.717) is 6.04 Å². The highest BCUT2D eigenvalue weighted by Gasteiger charge is 2.21. The maximum absolute atomic E-state index is 5.77. The summed E-state index contributed by atoms with van der Waals surface area (Å²) >= 11 is 0. The second-order valence-electron chi connectivity index (χ2n) is 4.09. The Morgan fingerprint density at radius 1 is 1.50 bits per heavy atom. The highest BCUT2D eigenvalue weighted by atomic mass is 15.2. The molecular formula is C12H18N2. The summed E-state index contributed by atoms with van der Waals surface area (Å²) in [4.78, 5) is 2.48. The van der Waals surface area contributed by atoms with Gasteiger partial charge in [0.05, 0.1) is 0 Å². The molecule has 2 nitrogen and oxygen atoms in total. The molecular weight excluding hydrogens is 172 g/mol. The van der Waals surface area contributed by atoms with Crippen LogP contribution in [0.15, 0.2) is 18.2 Å². The van der Waals surface area contributed by atoms with Gasteiger partial charge in [-0.3, -0.25) is 0 Å². The summed E-state index contributed by atoms with van der Waals surface area (Å²) in [6.45, 7) is 5.67. The minimum atomic E-state index is 0.639. The van der Waals surface area contributed by atoms with Crippen LogP contribution in [0.25, 0.3) is 0 Å². The molecule has 1 aromatic carbocycles. The van der Waals surface area contributed by atoms with Gasteiger partial charge in [-0.25, -0.2) is 0 Å². The van der Waals surface area contributed by atoms with Crippen molar-refractivity contribution in [3.63, 3.8) is 0 Å². The quantitative estimate of drug-likeness (QED) is 0.726. The third kappa shape index (κ3) is 1.45. The van der Waals surface area contributed by atoms with E-state index in [4.69, 9.17) is 5.73 Å². The van der Waals surface area contributed by atoms with Crippen molar-refractivity contribution < 1.29 is 0 Å². The van der Waals surface area contributed by atoms with Crippen LogP contribution in [-0.2, 0) is 6.42 Å². The van der Waals surface area contributed by atoms with E-state index in [9.17, 15) is 0 Å². The Morgan fingerprint density at radius 2 is 2.29 bits per heavy atom. The molecule has 1 aliphatic heterocycles. The van der Waals surface area contributed by atoms with E-state index in [0.717, 1.165) is 18.7 Å². The van der Waals surface area contributed by atoms with Crippen LogP contribution >= 0.6 is 0 Å². The molecule has 2 N–H and O–H groups in total. The van der Waals surface area contributed by atoms with Crippen LogP contribution in [0, 0.1) is 0 Å². The zero-order valence-corrected chi connectivity index (χ0v) is 8.96. The molecule has 76 valence electrons. The Bertz CT molecular complexity index is 333. The molecule has 0 radical (unpaired) electrons. The van der Waals surface area contributed by atoms with E-state index in [2.05, 4.69) is 30.9 Å². The van der Waals surface area contributed by atoms with Crippen molar-refractivity contribution >= 4 is 11.4 Å². The third-order valence-corrected chi connectivity index (χ3v) is 3.16. The molecule has 1 atom stereocenters. The number of nitrogens with zero attached hydrogens (tertiary/aromatic N) is 1. The summed E-state index contributed by atoms with van der Waals surface area (Å²) in [5.41, 5.74) is 9.44. The Morgan fingerprint density at radius 3 is 3.00 bits per heavy atom. The molecule has 0 saturated carbocycles. The predicted molar refractivity (Wildman–Crippen MR) is 61.7 cm³/mol. The number of nitrogen functional groups attached to an aromatic ring is 1. The second kappa shape index (κ2) is 3.52. The molecule has 1 unspecified atom stereocenters. The molecule has 0 fully saturated rings. The first-order valence-electron chi connectivity index (χ1n) is 5.37. The molecule has 14 heavy (non-hydrogen) atoms. The number of rotatable bonds is 2. The van der Waals surface area contributed by atoms with Crippen molar-refractivity contribution in [2.75, 3.05) is 17.2 Å². The Labute approximate surface area is 85.7 Å². The average Bonchev–Trinajstić information content (AvgIpc) is 2.59. The third-order valence-electron chi connectivity index (χ3n) is 3.16. The van der Waals surface area contributed by atoms with E-state index >= 15 is 0 Å². The number of benzene rings is 1. The van der Waals surface area contributed by atoms with Crippen molar-refractivity contribution in [2.45, 2.75) is 32.7 Å². The normalized spacial score (nSPS) is 16.9. The van der Waals surface area contributed by atoms with Gasteiger partial charge in [-0.15, -0.1) is 0 Å². The first-order valence-corrected chi connectivity index (χ1v) is 5.37. The highest BCUT2D eigenvalue weighted by Crippen LogP contribution is 2.31. The van der Waals surface area contributed by atoms with Gasteiger partial charge in [-0.05, 0) is 43.5 Å². The minimum Gasteiger partial charge on any atom is -0.399 e. The zero-order valence-electron chi connectivity index (χ0n) is 8.96. The molecule has 0 spiro atoms. The van der Waals surface area contributed by atoms with Crippen LogP contribution in [0.5, 0.6) is 0 Å². The number of hydrogen-bond donors (Lipinski definition) is 1. The van der Waals surface area contributed by atoms with E-state index in [1.807, 2.05) is 6.07 Å². The summed E-state index contributed by atoms with van der Waals surface area (Å²) in [5.74, 6) is 0. The molecule has 0 aliphatic carbocycles. The zero-order chi connectivity index (χ0) is 10.1. The lowest BCUT2D eigenvalue weighted by Crippen LogP contribution is -2.30. The lowest BCUT2D eigenvalue weighted by atomic mass is 10.1. The lowest BCUT2D eigenvalue weighted by molar-refractivity contribution is 0.635. The molecule has 1 aromatic rings. The van der Waals surface area contributed by atoms with Gasteiger partial charge in [0.1, 0.15) is 0 Å². The lowest BCUT2D eigenvalue weighted by Gasteiger charge is -2.26. The van der Waals surface area contributed by atoms with Crippen LogP contribution in [0.3, 0.4) is 0 Å². The number of nitrogens with two attached hydrogens (primary N) is 1. The van der Waals surface area contributed by atoms with Gasteiger partial charge in [-0.2, -0.15) is 0 Å². The van der Waals surface area contributed by atoms with Gasteiger partial charge in [0.25, 0.3) is 0 Å². The molecule has 1 heterocycles. The predicted octanol–water partition coefficient (Wildman–Crippen LogP) is 2.43. The second-order valence-corrected chi connectivity index (χ2v) is 4.09. The summed E-state index contributed by atoms with van der Waals surface area (Å²) in [6, 6.07) is 6.90. The SMILES string of the molecule is CCC(C)N1CCc2cc(N)ccc21. The fourth-order valence-electron chi connectivity index (χ4n) is 2.13. The first-order chi connectivity index (χ1) is 6.72. The first kappa shape index (κ1) is 9.38. The summed E-state index contributed by atoms with van der Waals surface area (Å²) in [7, 11) is 0. The topological polar surface area (TPSA) is 29.3 Å². The van der Waals surface area contributed by atoms with Crippen molar-refractivity contribution in [1.29, 1.82) is 0 Å². The smallest absolute Gasteiger partial charge is 0.0403 e. The summed E-state index contributed by atoms with van der Waals surface area (Å²) < 4.78 is 0. The molecule has 2 heteroatoms. The fraction of sp³-hybridized carbons (Fsp3) is 0.500. The molecule has 0 amide bonds. The van der Waals surface area contributed by atoms with Crippen LogP contribution in [0.2, 0.25) is 0 Å². The van der Waals surface area contributed by atoms with Gasteiger partial charge in [0, 0.05) is 24.0 Å². The van der Waals surface area contributed by atoms with Crippen molar-refractivity contribution in [2.24, 2.45) is 0 Å². The van der Waals surface area contributed by atoms with E-state index in [1.165, 1.54) is 17.7 Å². The van der Waals surface area contributed by atoms with Gasteiger partial charge < -0.3 is 10.6 Å². The van der Waals surface area contributed by atoms with Gasteiger partial charge >= 0.3 is 0 Å². The van der Waals surface area contributed by atoms with E-state index < -0.39 is 0 Å². The summed E-state index contributed by atoms with van der Waals surface area (Å²) in [5, 5.41) is 0. The number of hydrogen-bond acceptors (Lipinski definition) is 2. The molecule has 0 saturated heterocycles. The average molecular weight is 190 g/mol. The minimum absolute atomic E-state index is 0.639. The van der Waals surface area contributed by atoms with Crippen LogP contribution in [-0.4, -0.2) is 12.6 Å². The molecule has 2 rings (SSSR count). The van der Waals surface area contributed by atoms with Crippen molar-refractivity contribution in [3.05, 3.63) is 23.8 Å². The van der Waals surface area contributed by atoms with E-state index in [-0.39, 0.29) is 0 Å². The van der Waals surface area contributed by atoms with Crippen LogP contribution in [0.1, 0.15) is 25.8 Å². The van der Waals surface area contributed by atoms with Gasteiger partial charge in [0.2, 0.25) is 0 Å². The Hall–Kier alpha value is -1.18. The highest BCUT2D eigenvalue weighted by molar-refractivity contribution is 5.63. The van der Waals surface area contributed by atoms with Crippen LogP contribution in [0.4, 0.5) is 11.4 Å². The van der Waals surface area contributed by atoms with Crippen molar-refractivity contribution in [1.82, 2.24) is 0 Å². The largest absolute Gasteiger partial charge is 0.399 e. The maximum Gasteiger partial charge on any atom is 0.0403 e. The van der Waals surface area contributed by atoms with Gasteiger partial charge in [-0.1, -0.05) is 6.92 Å². The van der Waals surface area contributed by atoms with E-state index in [1.54, 1.807) is 0 Å². The number of anilines is 2. The molecule has 1 aliphatic rings. The molecule has 0 aromatic heterocycles.